The van der Waals surface area contributed by atoms with Gasteiger partial charge in [-0.25, -0.2) is 0 Å². The highest BCUT2D eigenvalue weighted by molar-refractivity contribution is 14.1. The molecule has 0 heterocycles. The van der Waals surface area contributed by atoms with Crippen molar-refractivity contribution >= 4 is 39.9 Å². The second kappa shape index (κ2) is 5.93. The Balaban J connectivity index is 2.58. The maximum atomic E-state index is 11.6. The van der Waals surface area contributed by atoms with Crippen LogP contribution in [0.1, 0.15) is 6.92 Å². The fourth-order valence-corrected chi connectivity index (χ4v) is 1.89. The number of nitrogens with two attached hydrogens (primary N) is 1. The standard InChI is InChI=1S/C11H16IN3O/c1-3-15(2)11(16)7-14-10-5-4-8(13)6-9(10)12/h4-6,14H,3,7,13H2,1-2H3. The van der Waals surface area contributed by atoms with E-state index in [1.54, 1.807) is 11.9 Å². The molecule has 0 fully saturated rings. The molecule has 0 aromatic heterocycles. The van der Waals surface area contributed by atoms with Crippen LogP contribution in [0.5, 0.6) is 0 Å². The zero-order valence-corrected chi connectivity index (χ0v) is 11.6. The zero-order valence-electron chi connectivity index (χ0n) is 9.46. The highest BCUT2D eigenvalue weighted by Gasteiger charge is 2.07. The first-order valence-electron chi connectivity index (χ1n) is 5.07. The lowest BCUT2D eigenvalue weighted by atomic mass is 10.3. The topological polar surface area (TPSA) is 58.4 Å². The van der Waals surface area contributed by atoms with Crippen LogP contribution in [0.3, 0.4) is 0 Å². The Morgan fingerprint density at radius 3 is 2.81 bits per heavy atom. The van der Waals surface area contributed by atoms with Crippen LogP contribution in [-0.4, -0.2) is 30.9 Å². The molecule has 0 atom stereocenters. The van der Waals surface area contributed by atoms with Crippen LogP contribution in [0, 0.1) is 3.57 Å². The van der Waals surface area contributed by atoms with Gasteiger partial charge in [-0.2, -0.15) is 0 Å². The van der Waals surface area contributed by atoms with E-state index in [0.717, 1.165) is 21.5 Å². The number of nitrogens with one attached hydrogen (secondary N) is 1. The molecule has 1 rings (SSSR count). The lowest BCUT2D eigenvalue weighted by Gasteiger charge is -2.15. The van der Waals surface area contributed by atoms with Crippen molar-refractivity contribution in [3.05, 3.63) is 21.8 Å². The minimum absolute atomic E-state index is 0.0788. The van der Waals surface area contributed by atoms with E-state index in [0.29, 0.717) is 6.54 Å². The molecule has 5 heteroatoms. The average Bonchev–Trinajstić information content (AvgIpc) is 2.26. The number of carbonyl (C=O) groups is 1. The van der Waals surface area contributed by atoms with E-state index in [1.807, 2.05) is 25.1 Å². The van der Waals surface area contributed by atoms with Gasteiger partial charge >= 0.3 is 0 Å². The molecule has 0 aliphatic rings. The number of nitrogen functional groups attached to an aromatic ring is 1. The molecule has 1 amide bonds. The molecule has 0 aliphatic heterocycles. The summed E-state index contributed by atoms with van der Waals surface area (Å²) in [7, 11) is 1.79. The van der Waals surface area contributed by atoms with Gasteiger partial charge in [-0.1, -0.05) is 0 Å². The molecule has 0 saturated heterocycles. The van der Waals surface area contributed by atoms with E-state index in [9.17, 15) is 4.79 Å². The van der Waals surface area contributed by atoms with Crippen molar-refractivity contribution in [2.24, 2.45) is 0 Å². The summed E-state index contributed by atoms with van der Waals surface area (Å²) in [5.41, 5.74) is 7.31. The van der Waals surface area contributed by atoms with Crippen molar-refractivity contribution in [1.82, 2.24) is 4.90 Å². The molecule has 88 valence electrons. The van der Waals surface area contributed by atoms with Gasteiger partial charge in [0.05, 0.1) is 6.54 Å². The third-order valence-corrected chi connectivity index (χ3v) is 3.22. The molecule has 16 heavy (non-hydrogen) atoms. The van der Waals surface area contributed by atoms with Crippen LogP contribution in [-0.2, 0) is 4.79 Å². The van der Waals surface area contributed by atoms with Crippen LogP contribution in [0.4, 0.5) is 11.4 Å². The predicted octanol–water partition coefficient (Wildman–Crippen LogP) is 1.76. The van der Waals surface area contributed by atoms with Crippen LogP contribution >= 0.6 is 22.6 Å². The van der Waals surface area contributed by atoms with Crippen molar-refractivity contribution in [3.8, 4) is 0 Å². The molecule has 4 nitrogen and oxygen atoms in total. The number of likely N-dealkylation sites (N-methyl/N-ethyl adjacent to an activating group) is 1. The van der Waals surface area contributed by atoms with Gasteiger partial charge in [0.2, 0.25) is 5.91 Å². The monoisotopic (exact) mass is 333 g/mol. The lowest BCUT2D eigenvalue weighted by molar-refractivity contribution is -0.127. The highest BCUT2D eigenvalue weighted by Crippen LogP contribution is 2.20. The summed E-state index contributed by atoms with van der Waals surface area (Å²) in [6, 6.07) is 5.58. The first kappa shape index (κ1) is 13.1. The molecule has 0 spiro atoms. The summed E-state index contributed by atoms with van der Waals surface area (Å²) >= 11 is 2.19. The summed E-state index contributed by atoms with van der Waals surface area (Å²) in [6.07, 6.45) is 0. The Hall–Kier alpha value is -0.980. The molecule has 1 aromatic carbocycles. The SMILES string of the molecule is CCN(C)C(=O)CNc1ccc(N)cc1I. The smallest absolute Gasteiger partial charge is 0.241 e. The Morgan fingerprint density at radius 2 is 2.25 bits per heavy atom. The van der Waals surface area contributed by atoms with Crippen molar-refractivity contribution in [3.63, 3.8) is 0 Å². The number of benzene rings is 1. The number of carbonyl (C=O) groups excluding carboxylic acids is 1. The number of rotatable bonds is 4. The van der Waals surface area contributed by atoms with Gasteiger partial charge in [-0.3, -0.25) is 4.79 Å². The first-order valence-corrected chi connectivity index (χ1v) is 6.15. The van der Waals surface area contributed by atoms with Gasteiger partial charge in [-0.15, -0.1) is 0 Å². The molecule has 0 saturated carbocycles. The maximum Gasteiger partial charge on any atom is 0.241 e. The van der Waals surface area contributed by atoms with E-state index >= 15 is 0 Å². The van der Waals surface area contributed by atoms with Crippen molar-refractivity contribution in [2.75, 3.05) is 31.2 Å². The minimum Gasteiger partial charge on any atom is -0.399 e. The predicted molar refractivity (Wildman–Crippen MR) is 75.4 cm³/mol. The highest BCUT2D eigenvalue weighted by atomic mass is 127. The van der Waals surface area contributed by atoms with Gasteiger partial charge in [0.25, 0.3) is 0 Å². The largest absolute Gasteiger partial charge is 0.399 e. The molecular weight excluding hydrogens is 317 g/mol. The van der Waals surface area contributed by atoms with Crippen LogP contribution in [0.25, 0.3) is 0 Å². The summed E-state index contributed by atoms with van der Waals surface area (Å²) < 4.78 is 1.02. The van der Waals surface area contributed by atoms with Crippen LogP contribution < -0.4 is 11.1 Å². The molecule has 0 aliphatic carbocycles. The third-order valence-electron chi connectivity index (χ3n) is 2.32. The van der Waals surface area contributed by atoms with Gasteiger partial charge < -0.3 is 16.0 Å². The molecule has 1 aromatic rings. The normalized spacial score (nSPS) is 9.94. The fourth-order valence-electron chi connectivity index (χ4n) is 1.16. The quantitative estimate of drug-likeness (QED) is 0.652. The third kappa shape index (κ3) is 3.55. The minimum atomic E-state index is 0.0788. The number of amides is 1. The molecule has 0 unspecified atom stereocenters. The average molecular weight is 333 g/mol. The molecule has 0 bridgehead atoms. The zero-order chi connectivity index (χ0) is 12.1. The summed E-state index contributed by atoms with van der Waals surface area (Å²) in [6.45, 7) is 2.98. The van der Waals surface area contributed by atoms with Crippen LogP contribution in [0.15, 0.2) is 18.2 Å². The summed E-state index contributed by atoms with van der Waals surface area (Å²) in [5, 5.41) is 3.10. The molecular formula is C11H16IN3O. The van der Waals surface area contributed by atoms with Crippen molar-refractivity contribution < 1.29 is 4.79 Å². The van der Waals surface area contributed by atoms with E-state index in [1.165, 1.54) is 0 Å². The number of hydrogen-bond donors (Lipinski definition) is 2. The summed E-state index contributed by atoms with van der Waals surface area (Å²) in [4.78, 5) is 13.2. The Labute approximate surface area is 109 Å². The van der Waals surface area contributed by atoms with Gasteiger partial charge in [-0.05, 0) is 47.7 Å². The summed E-state index contributed by atoms with van der Waals surface area (Å²) in [5.74, 6) is 0.0788. The Bertz CT molecular complexity index is 381. The van der Waals surface area contributed by atoms with Gasteiger partial charge in [0, 0.05) is 28.5 Å². The number of nitrogens with zero attached hydrogens (tertiary/aromatic N) is 1. The van der Waals surface area contributed by atoms with Gasteiger partial charge in [0.15, 0.2) is 0 Å². The van der Waals surface area contributed by atoms with Crippen LogP contribution in [0.2, 0.25) is 0 Å². The van der Waals surface area contributed by atoms with Crippen molar-refractivity contribution in [2.45, 2.75) is 6.92 Å². The molecule has 0 radical (unpaired) electrons. The van der Waals surface area contributed by atoms with E-state index < -0.39 is 0 Å². The van der Waals surface area contributed by atoms with Gasteiger partial charge in [0.1, 0.15) is 0 Å². The Morgan fingerprint density at radius 1 is 1.56 bits per heavy atom. The van der Waals surface area contributed by atoms with E-state index in [2.05, 4.69) is 27.9 Å². The Kier molecular flexibility index (Phi) is 4.85. The van der Waals surface area contributed by atoms with E-state index in [-0.39, 0.29) is 5.91 Å². The number of hydrogen-bond acceptors (Lipinski definition) is 3. The second-order valence-corrected chi connectivity index (χ2v) is 4.66. The lowest BCUT2D eigenvalue weighted by Crippen LogP contribution is -2.32. The fraction of sp³-hybridized carbons (Fsp3) is 0.364. The molecule has 3 N–H and O–H groups in total. The second-order valence-electron chi connectivity index (χ2n) is 3.50. The van der Waals surface area contributed by atoms with Crippen molar-refractivity contribution in [1.29, 1.82) is 0 Å². The maximum absolute atomic E-state index is 11.6. The number of halogens is 1. The first-order chi connectivity index (χ1) is 7.54. The van der Waals surface area contributed by atoms with E-state index in [4.69, 9.17) is 5.73 Å². The number of anilines is 2.